The Kier molecular flexibility index (Phi) is 16.3. The fourth-order valence-electron chi connectivity index (χ4n) is 8.91. The zero-order valence-corrected chi connectivity index (χ0v) is 43.0. The lowest BCUT2D eigenvalue weighted by atomic mass is 10.0. The summed E-state index contributed by atoms with van der Waals surface area (Å²) in [7, 11) is 3.27. The van der Waals surface area contributed by atoms with Crippen LogP contribution < -0.4 is 33.8 Å². The maximum absolute atomic E-state index is 14.4. The second-order valence-corrected chi connectivity index (χ2v) is 17.1. The standard InChI is InChI=1S/C62H59N7O6/c1-7-67(48-32-36-53(71-5)37-33-48)62(70)57-41-44-19-15-17-23-56(44)59(61(57)74-10-4)66-64-47-26-30-52(31-27-47)69(50-20-12-11-13-21-50)51-28-24-46(25-29-51)63-65-58-55-22-16-14-18-43(55)40-45(60(58)73-9-3)42-75-68(8-2)49-34-38-54(72-6)39-35-49/h11-41H,7-10,42H2,1-6H3. The van der Waals surface area contributed by atoms with Gasteiger partial charge in [-0.25, -0.2) is 0 Å². The third-order valence-corrected chi connectivity index (χ3v) is 12.6. The van der Waals surface area contributed by atoms with Gasteiger partial charge in [0.25, 0.3) is 5.91 Å². The van der Waals surface area contributed by atoms with Gasteiger partial charge in [-0.1, -0.05) is 66.7 Å². The Morgan fingerprint density at radius 2 is 0.933 bits per heavy atom. The second-order valence-electron chi connectivity index (χ2n) is 17.1. The summed E-state index contributed by atoms with van der Waals surface area (Å²) in [4.78, 5) is 24.7. The minimum absolute atomic E-state index is 0.212. The summed E-state index contributed by atoms with van der Waals surface area (Å²) in [6, 6.07) is 61.1. The number of carbonyl (C=O) groups excluding carboxylic acids is 1. The number of hydroxylamine groups is 1. The molecule has 75 heavy (non-hydrogen) atoms. The highest BCUT2D eigenvalue weighted by Gasteiger charge is 2.25. The van der Waals surface area contributed by atoms with Crippen molar-refractivity contribution in [3.63, 3.8) is 0 Å². The third-order valence-electron chi connectivity index (χ3n) is 12.6. The number of nitrogens with zero attached hydrogens (tertiary/aromatic N) is 7. The topological polar surface area (TPSA) is 122 Å². The number of para-hydroxylation sites is 1. The van der Waals surface area contributed by atoms with Gasteiger partial charge >= 0.3 is 0 Å². The smallest absolute Gasteiger partial charge is 0.262 e. The van der Waals surface area contributed by atoms with Crippen molar-refractivity contribution < 1.29 is 28.6 Å². The van der Waals surface area contributed by atoms with E-state index in [4.69, 9.17) is 44.2 Å². The quantitative estimate of drug-likeness (QED) is 0.0515. The molecule has 1 amide bonds. The molecule has 0 N–H and O–H groups in total. The summed E-state index contributed by atoms with van der Waals surface area (Å²) < 4.78 is 23.3. The van der Waals surface area contributed by atoms with Crippen molar-refractivity contribution in [2.45, 2.75) is 34.3 Å². The molecule has 0 saturated carbocycles. The predicted octanol–water partition coefficient (Wildman–Crippen LogP) is 16.7. The summed E-state index contributed by atoms with van der Waals surface area (Å²) in [5, 5.41) is 24.6. The maximum atomic E-state index is 14.4. The molecule has 0 aliphatic rings. The van der Waals surface area contributed by atoms with E-state index in [1.165, 1.54) is 0 Å². The Balaban J connectivity index is 0.993. The highest BCUT2D eigenvalue weighted by atomic mass is 16.7. The Bertz CT molecular complexity index is 3430. The first kappa shape index (κ1) is 50.9. The number of carbonyl (C=O) groups is 1. The Morgan fingerprint density at radius 1 is 0.467 bits per heavy atom. The largest absolute Gasteiger partial charge is 0.497 e. The second kappa shape index (κ2) is 24.1. The molecule has 0 unspecified atom stereocenters. The van der Waals surface area contributed by atoms with Crippen molar-refractivity contribution in [1.29, 1.82) is 0 Å². The average molecular weight is 998 g/mol. The van der Waals surface area contributed by atoms with Crippen molar-refractivity contribution in [3.05, 3.63) is 199 Å². The van der Waals surface area contributed by atoms with E-state index in [9.17, 15) is 4.79 Å². The van der Waals surface area contributed by atoms with Crippen LogP contribution in [0.25, 0.3) is 21.5 Å². The van der Waals surface area contributed by atoms with E-state index in [0.29, 0.717) is 71.9 Å². The molecule has 0 saturated heterocycles. The number of amides is 1. The molecule has 13 heteroatoms. The van der Waals surface area contributed by atoms with E-state index in [0.717, 1.165) is 61.3 Å². The molecule has 0 atom stereocenters. The normalized spacial score (nSPS) is 11.3. The van der Waals surface area contributed by atoms with Gasteiger partial charge < -0.3 is 28.7 Å². The summed E-state index contributed by atoms with van der Waals surface area (Å²) in [5.41, 5.74) is 8.08. The van der Waals surface area contributed by atoms with Crippen molar-refractivity contribution in [1.82, 2.24) is 0 Å². The van der Waals surface area contributed by atoms with Gasteiger partial charge in [-0.15, -0.1) is 10.2 Å². The molecule has 9 rings (SSSR count). The van der Waals surface area contributed by atoms with Gasteiger partial charge in [0, 0.05) is 52.2 Å². The van der Waals surface area contributed by atoms with E-state index in [-0.39, 0.29) is 12.5 Å². The number of anilines is 5. The van der Waals surface area contributed by atoms with Crippen LogP contribution in [0, 0.1) is 0 Å². The minimum Gasteiger partial charge on any atom is -0.497 e. The molecule has 9 aromatic carbocycles. The van der Waals surface area contributed by atoms with Gasteiger partial charge in [-0.2, -0.15) is 10.2 Å². The van der Waals surface area contributed by atoms with Crippen LogP contribution in [0.1, 0.15) is 43.6 Å². The zero-order chi connectivity index (χ0) is 52.1. The van der Waals surface area contributed by atoms with E-state index < -0.39 is 0 Å². The number of benzene rings is 9. The first-order valence-electron chi connectivity index (χ1n) is 25.1. The number of hydrogen-bond donors (Lipinski definition) is 0. The van der Waals surface area contributed by atoms with E-state index >= 15 is 0 Å². The number of rotatable bonds is 21. The predicted molar refractivity (Wildman–Crippen MR) is 301 cm³/mol. The fraction of sp³-hybridized carbons (Fsp3) is 0.177. The van der Waals surface area contributed by atoms with Crippen LogP contribution in [0.15, 0.2) is 209 Å². The van der Waals surface area contributed by atoms with Crippen molar-refractivity contribution >= 4 is 78.6 Å². The summed E-state index contributed by atoms with van der Waals surface area (Å²) in [6.07, 6.45) is 0. The molecule has 0 spiro atoms. The Morgan fingerprint density at radius 3 is 1.45 bits per heavy atom. The molecule has 0 heterocycles. The SMILES string of the molecule is CCOc1c(CON(CC)c2ccc(OC)cc2)cc2ccccc2c1N=Nc1ccc(N(c2ccccc2)c2ccc(N=Nc3c(OCC)c(C(=O)N(CC)c4ccc(OC)cc4)cc4ccccc34)cc2)cc1. The van der Waals surface area contributed by atoms with Crippen LogP contribution in [-0.4, -0.2) is 46.4 Å². The molecule has 0 aliphatic heterocycles. The van der Waals surface area contributed by atoms with Crippen molar-refractivity contribution in [2.24, 2.45) is 20.5 Å². The maximum Gasteiger partial charge on any atom is 0.262 e. The lowest BCUT2D eigenvalue weighted by Crippen LogP contribution is -2.31. The van der Waals surface area contributed by atoms with Gasteiger partial charge in [0.1, 0.15) is 29.5 Å². The van der Waals surface area contributed by atoms with E-state index in [1.54, 1.807) is 19.1 Å². The van der Waals surface area contributed by atoms with Crippen LogP contribution >= 0.6 is 0 Å². The molecule has 9 aromatic rings. The van der Waals surface area contributed by atoms with Crippen LogP contribution in [0.3, 0.4) is 0 Å². The molecular weight excluding hydrogens is 939 g/mol. The monoisotopic (exact) mass is 997 g/mol. The van der Waals surface area contributed by atoms with Gasteiger partial charge in [-0.05, 0) is 160 Å². The number of hydrogen-bond acceptors (Lipinski definition) is 12. The molecule has 0 bridgehead atoms. The molecule has 13 nitrogen and oxygen atoms in total. The van der Waals surface area contributed by atoms with Crippen LogP contribution in [-0.2, 0) is 11.4 Å². The van der Waals surface area contributed by atoms with Gasteiger partial charge in [0.2, 0.25) is 0 Å². The lowest BCUT2D eigenvalue weighted by molar-refractivity contribution is 0.0953. The minimum atomic E-state index is -0.212. The molecule has 378 valence electrons. The lowest BCUT2D eigenvalue weighted by Gasteiger charge is -2.25. The highest BCUT2D eigenvalue weighted by Crippen LogP contribution is 2.44. The van der Waals surface area contributed by atoms with Crippen LogP contribution in [0.2, 0.25) is 0 Å². The Hall–Kier alpha value is -9.07. The number of azo groups is 2. The van der Waals surface area contributed by atoms with Crippen LogP contribution in [0.5, 0.6) is 23.0 Å². The van der Waals surface area contributed by atoms with E-state index in [2.05, 4.69) is 29.2 Å². The van der Waals surface area contributed by atoms with Crippen molar-refractivity contribution in [3.8, 4) is 23.0 Å². The molecule has 0 aliphatic carbocycles. The fourth-order valence-corrected chi connectivity index (χ4v) is 8.91. The Labute approximate surface area is 437 Å². The van der Waals surface area contributed by atoms with Crippen molar-refractivity contribution in [2.75, 3.05) is 55.4 Å². The first-order valence-corrected chi connectivity index (χ1v) is 25.1. The number of fused-ring (bicyclic) bond motifs is 2. The first-order chi connectivity index (χ1) is 36.8. The summed E-state index contributed by atoms with van der Waals surface area (Å²) >= 11 is 0. The van der Waals surface area contributed by atoms with Gasteiger partial charge in [-0.3, -0.25) is 14.7 Å². The van der Waals surface area contributed by atoms with E-state index in [1.807, 2.05) is 197 Å². The summed E-state index contributed by atoms with van der Waals surface area (Å²) in [5.74, 6) is 2.27. The molecule has 0 aromatic heterocycles. The zero-order valence-electron chi connectivity index (χ0n) is 43.0. The third kappa shape index (κ3) is 11.4. The van der Waals surface area contributed by atoms with Crippen LogP contribution in [0.4, 0.5) is 51.2 Å². The summed E-state index contributed by atoms with van der Waals surface area (Å²) in [6.45, 7) is 9.92. The molecular formula is C62H59N7O6. The molecule has 0 fully saturated rings. The number of methoxy groups -OCH3 is 2. The average Bonchev–Trinajstić information content (AvgIpc) is 3.46. The molecule has 0 radical (unpaired) electrons. The van der Waals surface area contributed by atoms with Gasteiger partial charge in [0.05, 0.1) is 50.1 Å². The number of ether oxygens (including phenoxy) is 4. The highest BCUT2D eigenvalue weighted by molar-refractivity contribution is 6.13. The van der Waals surface area contributed by atoms with Gasteiger partial charge in [0.15, 0.2) is 11.5 Å².